The molecule has 0 unspecified atom stereocenters. The Morgan fingerprint density at radius 3 is 0.920 bits per heavy atom. The van der Waals surface area contributed by atoms with Gasteiger partial charge in [0.05, 0.1) is 140 Å². The van der Waals surface area contributed by atoms with E-state index in [1.54, 1.807) is 80.7 Å². The topological polar surface area (TPSA) is 498 Å². The number of carbonyl (C=O) groups is 7. The van der Waals surface area contributed by atoms with Crippen molar-refractivity contribution in [2.24, 2.45) is 5.73 Å². The van der Waals surface area contributed by atoms with Gasteiger partial charge in [-0.05, 0) is 353 Å². The molecule has 7 saturated carbocycles. The minimum atomic E-state index is -0.562. The molecule has 7 amide bonds. The van der Waals surface area contributed by atoms with E-state index in [2.05, 4.69) is 123 Å². The second-order valence-corrected chi connectivity index (χ2v) is 45.4. The summed E-state index contributed by atoms with van der Waals surface area (Å²) in [6, 6.07) is 29.8. The first kappa shape index (κ1) is 122. The molecule has 0 spiro atoms. The number of halogens is 3. The Kier molecular flexibility index (Phi) is 41.8. The molecule has 9 aliphatic rings. The first-order chi connectivity index (χ1) is 70.2. The first-order valence-corrected chi connectivity index (χ1v) is 51.2. The van der Waals surface area contributed by atoms with Gasteiger partial charge in [-0.2, -0.15) is 48.6 Å². The van der Waals surface area contributed by atoms with Crippen LogP contribution in [0.15, 0.2) is 160 Å². The van der Waals surface area contributed by atoms with E-state index in [1.165, 1.54) is 24.1 Å². The lowest BCUT2D eigenvalue weighted by molar-refractivity contribution is -0.193. The zero-order valence-electron chi connectivity index (χ0n) is 89.5. The highest BCUT2D eigenvalue weighted by atomic mass is 79.9. The fourth-order valence-electron chi connectivity index (χ4n) is 16.2. The van der Waals surface area contributed by atoms with Crippen LogP contribution in [0, 0.1) is 20.8 Å². The van der Waals surface area contributed by atoms with Crippen LogP contribution in [0.25, 0.3) is 0 Å². The third-order valence-corrected chi connectivity index (χ3v) is 26.8. The van der Waals surface area contributed by atoms with E-state index in [1.807, 2.05) is 246 Å². The summed E-state index contributed by atoms with van der Waals surface area (Å²) in [6.07, 6.45) is 28.9. The predicted molar refractivity (Wildman–Crippen MR) is 556 cm³/mol. The second kappa shape index (κ2) is 51.4. The number of aryl methyl sites for hydroxylation is 3. The highest BCUT2D eigenvalue weighted by molar-refractivity contribution is 9.11. The molecule has 0 saturated heterocycles. The average Bonchev–Trinajstić information content (AvgIpc) is 1.59. The van der Waals surface area contributed by atoms with Crippen LogP contribution in [0.5, 0.6) is 0 Å². The maximum Gasteiger partial charge on any atom is 0.410 e. The standard InChI is InChI=1S/C22H29N5O3.C21H27N5O3.C15H22N2O2.C14H19BrN2O2.C13H17BrN2O2.C10H14N2.C8H9BrN2.4CO2/c1-15-6-7-18(23-12-15)22(8-9-22)25(5)19(28)16-13-24-27-11-10-26(14-17(16)27)20(29)30-21(2,3)4;1-20(2,3)29-19(28)25-11-12-26-16(14-25)15(13-23-26)18(27)24(4)21(8-9-21)17-7-5-6-10-22-17;1-11-6-7-12(16-10-11)15(8-9-15)17(5)13(18)19-14(2,3)4;1-13(2,3)19-12(18)17(4)14(7-8-14)11-6-5-10(15)9-16-11;1-12(2,3)18-11(17)16-13(6-7-13)10-5-4-9(14)8-15-10;1-8-3-4-9(12-7-8)10(11-2)5-6-10;9-6-1-2-7(11-5-6)8(10)3-4-8;4*2-1-3/h6-7,12-13H,8-11,14H2,1-5H3;5-7,10,13H,8-9,11-12,14H2,1-4H3;6-7,10H,8-9H2,1-5H3;5-6,9H,7-8H2,1-4H3;4-5,8H,6-7H2,1-3H3,(H,16,17);3-4,7,11H,5-6H2,1-2H3;1-2,5H,3-4,10H2;;;;. The molecule has 150 heavy (non-hydrogen) atoms. The third kappa shape index (κ3) is 34.3. The van der Waals surface area contributed by atoms with Gasteiger partial charge in [-0.3, -0.25) is 63.6 Å². The lowest BCUT2D eigenvalue weighted by Crippen LogP contribution is -2.43. The Morgan fingerprint density at radius 2 is 0.647 bits per heavy atom. The largest absolute Gasteiger partial charge is 0.444 e. The molecule has 9 aromatic rings. The molecule has 0 atom stereocenters. The molecule has 43 heteroatoms. The summed E-state index contributed by atoms with van der Waals surface area (Å²) < 4.78 is 33.6. The molecule has 11 heterocycles. The van der Waals surface area contributed by atoms with Crippen molar-refractivity contribution in [3.63, 3.8) is 0 Å². The Balaban J connectivity index is 0.000000213. The van der Waals surface area contributed by atoms with Crippen molar-refractivity contribution in [2.75, 3.05) is 48.3 Å². The molecule has 9 aromatic heterocycles. The zero-order valence-corrected chi connectivity index (χ0v) is 94.2. The highest BCUT2D eigenvalue weighted by Gasteiger charge is 2.57. The number of carbonyl (C=O) groups excluding carboxylic acids is 15. The zero-order chi connectivity index (χ0) is 112. The molecule has 40 nitrogen and oxygen atoms in total. The van der Waals surface area contributed by atoms with E-state index in [0.717, 1.165) is 147 Å². The Labute approximate surface area is 899 Å². The van der Waals surface area contributed by atoms with Crippen LogP contribution >= 0.6 is 47.8 Å². The van der Waals surface area contributed by atoms with Crippen molar-refractivity contribution in [1.29, 1.82) is 0 Å². The Bertz CT molecular complexity index is 6070. The van der Waals surface area contributed by atoms with E-state index in [0.29, 0.717) is 50.4 Å². The maximum absolute atomic E-state index is 13.4. The van der Waals surface area contributed by atoms with Gasteiger partial charge >= 0.3 is 55.1 Å². The van der Waals surface area contributed by atoms with Crippen molar-refractivity contribution in [3.8, 4) is 0 Å². The van der Waals surface area contributed by atoms with Crippen molar-refractivity contribution < 1.29 is 95.6 Å². The van der Waals surface area contributed by atoms with Crippen LogP contribution in [0.1, 0.15) is 282 Å². The van der Waals surface area contributed by atoms with Gasteiger partial charge in [-0.15, -0.1) is 0 Å². The molecule has 7 fully saturated rings. The molecule has 2 aliphatic heterocycles. The van der Waals surface area contributed by atoms with E-state index >= 15 is 0 Å². The third-order valence-electron chi connectivity index (χ3n) is 25.4. The van der Waals surface area contributed by atoms with E-state index in [4.69, 9.17) is 67.8 Å². The molecule has 0 aromatic carbocycles. The Morgan fingerprint density at radius 1 is 0.353 bits per heavy atom. The molecule has 0 radical (unpaired) electrons. The highest BCUT2D eigenvalue weighted by Crippen LogP contribution is 2.54. The number of nitrogens with one attached hydrogen (secondary N) is 2. The number of amides is 7. The van der Waals surface area contributed by atoms with Gasteiger partial charge in [-0.25, -0.2) is 24.0 Å². The molecular formula is C107H137Br3N20O20. The Hall–Kier alpha value is -13.4. The fourth-order valence-corrected chi connectivity index (χ4v) is 16.9. The number of aromatic nitrogens is 11. The van der Waals surface area contributed by atoms with Crippen LogP contribution in [-0.4, -0.2) is 227 Å². The van der Waals surface area contributed by atoms with Crippen molar-refractivity contribution in [2.45, 2.75) is 307 Å². The quantitative estimate of drug-likeness (QED) is 0.0802. The summed E-state index contributed by atoms with van der Waals surface area (Å²) >= 11 is 10.0. The summed E-state index contributed by atoms with van der Waals surface area (Å²) in [6.45, 7) is 36.6. The van der Waals surface area contributed by atoms with Crippen LogP contribution < -0.4 is 16.4 Å². The molecule has 806 valence electrons. The first-order valence-electron chi connectivity index (χ1n) is 48.8. The van der Waals surface area contributed by atoms with Gasteiger partial charge in [0.15, 0.2) is 0 Å². The average molecular weight is 2260 g/mol. The molecule has 18 rings (SSSR count). The van der Waals surface area contributed by atoms with Crippen molar-refractivity contribution >= 4 is 115 Å². The number of pyridine rings is 7. The number of rotatable bonds is 15. The molecule has 7 aliphatic carbocycles. The van der Waals surface area contributed by atoms with Crippen LogP contribution in [0.3, 0.4) is 0 Å². The summed E-state index contributed by atoms with van der Waals surface area (Å²) in [5.41, 5.74) is 14.7. The summed E-state index contributed by atoms with van der Waals surface area (Å²) in [5.74, 6) is -0.192. The molecule has 4 N–H and O–H groups in total. The minimum absolute atomic E-state index is 0.0952. The number of nitrogens with two attached hydrogens (primary N) is 1. The van der Waals surface area contributed by atoms with Crippen molar-refractivity contribution in [3.05, 3.63) is 239 Å². The maximum atomic E-state index is 13.4. The van der Waals surface area contributed by atoms with Crippen LogP contribution in [0.2, 0.25) is 0 Å². The predicted octanol–water partition coefficient (Wildman–Crippen LogP) is 17.2. The number of hydrogen-bond donors (Lipinski definition) is 3. The number of alkyl carbamates (subject to hydrolysis) is 1. The number of nitrogens with zero attached hydrogens (tertiary/aromatic N) is 17. The normalized spacial score (nSPS) is 16.4. The van der Waals surface area contributed by atoms with E-state index in [-0.39, 0.29) is 106 Å². The summed E-state index contributed by atoms with van der Waals surface area (Å²) in [7, 11) is 9.24. The van der Waals surface area contributed by atoms with Gasteiger partial charge < -0.3 is 59.7 Å². The lowest BCUT2D eigenvalue weighted by Gasteiger charge is -2.32. The summed E-state index contributed by atoms with van der Waals surface area (Å²) in [5, 5.41) is 15.0. The number of hydrogen-bond acceptors (Lipinski definition) is 31. The molecule has 0 bridgehead atoms. The van der Waals surface area contributed by atoms with Gasteiger partial charge in [0, 0.05) is 98.1 Å². The van der Waals surface area contributed by atoms with Crippen molar-refractivity contribution in [1.82, 2.24) is 94.5 Å². The fraction of sp³-hybridized carbons (Fsp3) is 0.514. The van der Waals surface area contributed by atoms with Crippen LogP contribution in [-0.2, 0) is 127 Å². The monoisotopic (exact) mass is 2260 g/mol. The van der Waals surface area contributed by atoms with Gasteiger partial charge in [0.25, 0.3) is 11.8 Å². The molecular weight excluding hydrogens is 2130 g/mol. The minimum Gasteiger partial charge on any atom is -0.444 e. The SMILES string of the molecule is CC(C)(C)OC(=O)NC1(c2ccc(Br)cn2)CC1.CN(C(=O)OC(C)(C)C)C1(c2ccc(Br)cn2)CC1.CN(C(=O)c1cnn2c1CN(C(=O)OC(C)(C)C)CC2)C1(c2ccccn2)CC1.CNC1(c2ccc(C)cn2)CC1.Cc1ccc(C2(N(C)C(=O)OC(C)(C)C)CC2)nc1.Cc1ccc(C2(N(C)C(=O)c3cnn4c3CN(C(=O)OC(C)(C)C)CC4)CC2)nc1.NC1(c2ccc(Br)cn2)CC1.O=C=O.O=C=O.O=C=O.O=C=O. The van der Waals surface area contributed by atoms with E-state index in [9.17, 15) is 33.6 Å². The number of fused-ring (bicyclic) bond motifs is 2. The summed E-state index contributed by atoms with van der Waals surface area (Å²) in [4.78, 5) is 194. The van der Waals surface area contributed by atoms with Gasteiger partial charge in [0.2, 0.25) is 0 Å². The number of ether oxygens (including phenoxy) is 5. The lowest BCUT2D eigenvalue weighted by atomic mass is 10.1. The van der Waals surface area contributed by atoms with Gasteiger partial charge in [-0.1, -0.05) is 24.3 Å². The van der Waals surface area contributed by atoms with Crippen LogP contribution in [0.4, 0.5) is 24.0 Å². The smallest absolute Gasteiger partial charge is 0.410 e. The second-order valence-electron chi connectivity index (χ2n) is 42.7. The van der Waals surface area contributed by atoms with E-state index < -0.39 is 28.0 Å². The van der Waals surface area contributed by atoms with Gasteiger partial charge in [0.1, 0.15) is 28.0 Å².